The van der Waals surface area contributed by atoms with Gasteiger partial charge in [-0.25, -0.2) is 4.68 Å². The molecule has 0 aliphatic rings. The van der Waals surface area contributed by atoms with Gasteiger partial charge in [-0.3, -0.25) is 4.18 Å². The van der Waals surface area contributed by atoms with E-state index in [0.29, 0.717) is 5.69 Å². The van der Waals surface area contributed by atoms with Crippen molar-refractivity contribution in [2.45, 2.75) is 18.7 Å². The molecule has 0 atom stereocenters. The average molecular weight is 267 g/mol. The van der Waals surface area contributed by atoms with Crippen LogP contribution in [0.4, 0.5) is 0 Å². The highest BCUT2D eigenvalue weighted by molar-refractivity contribution is 7.86. The smallest absolute Gasteiger partial charge is 0.267 e. The van der Waals surface area contributed by atoms with Gasteiger partial charge >= 0.3 is 0 Å². The third kappa shape index (κ3) is 2.41. The minimum absolute atomic E-state index is 0.0838. The van der Waals surface area contributed by atoms with E-state index in [4.69, 9.17) is 4.18 Å². The van der Waals surface area contributed by atoms with Crippen LogP contribution in [0.3, 0.4) is 0 Å². The van der Waals surface area contributed by atoms with Crippen LogP contribution in [0, 0.1) is 6.92 Å². The van der Waals surface area contributed by atoms with Crippen molar-refractivity contribution in [2.24, 2.45) is 0 Å². The summed E-state index contributed by atoms with van der Waals surface area (Å²) in [4.78, 5) is 0.0838. The Labute approximate surface area is 105 Å². The van der Waals surface area contributed by atoms with Crippen molar-refractivity contribution < 1.29 is 12.6 Å². The second-order valence-corrected chi connectivity index (χ2v) is 5.26. The number of aryl methyl sites for hydroxylation is 1. The van der Waals surface area contributed by atoms with Crippen LogP contribution >= 0.6 is 0 Å². The summed E-state index contributed by atoms with van der Waals surface area (Å²) < 4.78 is 30.2. The number of rotatable bonds is 4. The molecule has 2 rings (SSSR count). The van der Waals surface area contributed by atoms with Crippen LogP contribution < -0.4 is 0 Å². The fourth-order valence-corrected chi connectivity index (χ4v) is 2.65. The van der Waals surface area contributed by atoms with Gasteiger partial charge in [0.05, 0.1) is 24.7 Å². The fourth-order valence-electron chi connectivity index (χ4n) is 1.57. The quantitative estimate of drug-likeness (QED) is 0.781. The molecule has 1 aromatic heterocycles. The molecule has 0 saturated carbocycles. The molecule has 0 amide bonds. The predicted octanol–water partition coefficient (Wildman–Crippen LogP) is 1.30. The van der Waals surface area contributed by atoms with Crippen LogP contribution in [0.15, 0.2) is 35.5 Å². The maximum Gasteiger partial charge on any atom is 0.299 e. The van der Waals surface area contributed by atoms with Gasteiger partial charge in [-0.2, -0.15) is 8.42 Å². The van der Waals surface area contributed by atoms with Gasteiger partial charge in [0, 0.05) is 0 Å². The van der Waals surface area contributed by atoms with Gasteiger partial charge in [-0.15, -0.1) is 5.10 Å². The van der Waals surface area contributed by atoms with Gasteiger partial charge in [0.2, 0.25) is 0 Å². The Bertz CT molecular complexity index is 636. The van der Waals surface area contributed by atoms with Crippen LogP contribution in [-0.2, 0) is 14.3 Å². The molecule has 6 nitrogen and oxygen atoms in total. The molecule has 0 aliphatic heterocycles. The largest absolute Gasteiger partial charge is 0.299 e. The lowest BCUT2D eigenvalue weighted by molar-refractivity contribution is 0.338. The number of hydrogen-bond donors (Lipinski definition) is 0. The Morgan fingerprint density at radius 3 is 2.78 bits per heavy atom. The molecule has 1 heterocycles. The molecular weight excluding hydrogens is 254 g/mol. The molecule has 2 aromatic rings. The second-order valence-electron chi connectivity index (χ2n) is 3.68. The molecule has 0 unspecified atom stereocenters. The van der Waals surface area contributed by atoms with Gasteiger partial charge < -0.3 is 0 Å². The first-order valence-corrected chi connectivity index (χ1v) is 6.82. The van der Waals surface area contributed by atoms with Crippen molar-refractivity contribution in [1.29, 1.82) is 0 Å². The van der Waals surface area contributed by atoms with Gasteiger partial charge in [0.1, 0.15) is 4.90 Å². The monoisotopic (exact) mass is 267 g/mol. The van der Waals surface area contributed by atoms with Crippen molar-refractivity contribution in [1.82, 2.24) is 15.0 Å². The molecule has 0 fully saturated rings. The van der Waals surface area contributed by atoms with Crippen molar-refractivity contribution in [3.05, 3.63) is 36.2 Å². The van der Waals surface area contributed by atoms with Crippen molar-refractivity contribution in [3.8, 4) is 5.69 Å². The normalized spacial score (nSPS) is 11.7. The zero-order valence-corrected chi connectivity index (χ0v) is 10.9. The predicted molar refractivity (Wildman–Crippen MR) is 64.9 cm³/mol. The molecule has 0 spiro atoms. The summed E-state index contributed by atoms with van der Waals surface area (Å²) in [6.07, 6.45) is 3.07. The highest BCUT2D eigenvalue weighted by atomic mass is 32.2. The van der Waals surface area contributed by atoms with Crippen LogP contribution in [0.25, 0.3) is 5.69 Å². The SMILES string of the molecule is CCOS(=O)(=O)c1ccc(C)cc1-n1ccnn1. The Balaban J connectivity index is 2.62. The van der Waals surface area contributed by atoms with Crippen molar-refractivity contribution in [2.75, 3.05) is 6.61 Å². The number of aromatic nitrogens is 3. The molecule has 0 saturated heterocycles. The van der Waals surface area contributed by atoms with E-state index in [1.165, 1.54) is 16.9 Å². The van der Waals surface area contributed by atoms with Gasteiger partial charge in [0.25, 0.3) is 10.1 Å². The first kappa shape index (κ1) is 12.7. The number of benzene rings is 1. The van der Waals surface area contributed by atoms with E-state index in [9.17, 15) is 8.42 Å². The minimum Gasteiger partial charge on any atom is -0.267 e. The van der Waals surface area contributed by atoms with E-state index in [2.05, 4.69) is 10.3 Å². The average Bonchev–Trinajstić information content (AvgIpc) is 2.81. The van der Waals surface area contributed by atoms with Crippen LogP contribution in [0.1, 0.15) is 12.5 Å². The highest BCUT2D eigenvalue weighted by Gasteiger charge is 2.20. The Morgan fingerprint density at radius 1 is 1.39 bits per heavy atom. The van der Waals surface area contributed by atoms with Crippen molar-refractivity contribution >= 4 is 10.1 Å². The third-order valence-electron chi connectivity index (χ3n) is 2.33. The summed E-state index contributed by atoms with van der Waals surface area (Å²) in [5.74, 6) is 0. The standard InChI is InChI=1S/C11H13N3O3S/c1-3-17-18(15,16)11-5-4-9(2)8-10(11)14-7-6-12-13-14/h4-8H,3H2,1-2H3. The molecule has 0 aliphatic carbocycles. The van der Waals surface area contributed by atoms with E-state index in [-0.39, 0.29) is 11.5 Å². The Hall–Kier alpha value is -1.73. The van der Waals surface area contributed by atoms with E-state index in [1.807, 2.05) is 6.92 Å². The molecule has 1 aromatic carbocycles. The molecule has 0 radical (unpaired) electrons. The number of nitrogens with zero attached hydrogens (tertiary/aromatic N) is 3. The first-order chi connectivity index (χ1) is 8.54. The summed E-state index contributed by atoms with van der Waals surface area (Å²) >= 11 is 0. The molecule has 7 heteroatoms. The molecular formula is C11H13N3O3S. The zero-order valence-electron chi connectivity index (χ0n) is 10.1. The Morgan fingerprint density at radius 2 is 2.17 bits per heavy atom. The summed E-state index contributed by atoms with van der Waals surface area (Å²) in [5, 5.41) is 7.48. The summed E-state index contributed by atoms with van der Waals surface area (Å²) in [5.41, 5.74) is 1.36. The summed E-state index contributed by atoms with van der Waals surface area (Å²) in [6, 6.07) is 4.95. The molecule has 18 heavy (non-hydrogen) atoms. The summed E-state index contributed by atoms with van der Waals surface area (Å²) in [6.45, 7) is 3.59. The van der Waals surface area contributed by atoms with E-state index < -0.39 is 10.1 Å². The maximum atomic E-state index is 12.0. The van der Waals surface area contributed by atoms with E-state index in [0.717, 1.165) is 5.56 Å². The lowest BCUT2D eigenvalue weighted by Gasteiger charge is -2.10. The van der Waals surface area contributed by atoms with E-state index in [1.54, 1.807) is 25.3 Å². The van der Waals surface area contributed by atoms with Crippen molar-refractivity contribution in [3.63, 3.8) is 0 Å². The lowest BCUT2D eigenvalue weighted by Crippen LogP contribution is -2.11. The van der Waals surface area contributed by atoms with Gasteiger partial charge in [0.15, 0.2) is 0 Å². The number of hydrogen-bond acceptors (Lipinski definition) is 5. The fraction of sp³-hybridized carbons (Fsp3) is 0.273. The highest BCUT2D eigenvalue weighted by Crippen LogP contribution is 2.22. The minimum atomic E-state index is -3.77. The first-order valence-electron chi connectivity index (χ1n) is 5.41. The topological polar surface area (TPSA) is 74.1 Å². The maximum absolute atomic E-state index is 12.0. The van der Waals surface area contributed by atoms with E-state index >= 15 is 0 Å². The van der Waals surface area contributed by atoms with Crippen LogP contribution in [-0.4, -0.2) is 30.0 Å². The molecule has 96 valence electrons. The summed E-state index contributed by atoms with van der Waals surface area (Å²) in [7, 11) is -3.77. The van der Waals surface area contributed by atoms with Crippen LogP contribution in [0.2, 0.25) is 0 Å². The third-order valence-corrected chi connectivity index (χ3v) is 3.76. The van der Waals surface area contributed by atoms with Crippen LogP contribution in [0.5, 0.6) is 0 Å². The zero-order chi connectivity index (χ0) is 13.2. The Kier molecular flexibility index (Phi) is 3.44. The lowest BCUT2D eigenvalue weighted by atomic mass is 10.2. The second kappa shape index (κ2) is 4.87. The van der Waals surface area contributed by atoms with Gasteiger partial charge in [-0.05, 0) is 31.5 Å². The molecule has 0 bridgehead atoms. The van der Waals surface area contributed by atoms with Gasteiger partial charge in [-0.1, -0.05) is 11.3 Å². The molecule has 0 N–H and O–H groups in total.